The summed E-state index contributed by atoms with van der Waals surface area (Å²) in [7, 11) is 3.13. The molecule has 0 radical (unpaired) electrons. The number of benzene rings is 1. The number of anilines is 1. The fraction of sp³-hybridized carbons (Fsp3) is 0.621. The van der Waals surface area contributed by atoms with Crippen LogP contribution in [-0.4, -0.2) is 100 Å². The van der Waals surface area contributed by atoms with Crippen LogP contribution in [0.1, 0.15) is 48.5 Å². The minimum atomic E-state index is -2.71. The summed E-state index contributed by atoms with van der Waals surface area (Å²) >= 11 is 0. The van der Waals surface area contributed by atoms with E-state index in [1.54, 1.807) is 26.2 Å². The molecule has 0 spiro atoms. The smallest absolute Gasteiger partial charge is 0.235 e. The lowest BCUT2D eigenvalue weighted by molar-refractivity contribution is -0.181. The Morgan fingerprint density at radius 1 is 1.15 bits per heavy atom. The van der Waals surface area contributed by atoms with Crippen LogP contribution in [0.5, 0.6) is 5.75 Å². The van der Waals surface area contributed by atoms with Crippen molar-refractivity contribution in [2.45, 2.75) is 56.7 Å². The minimum absolute atomic E-state index is 0.0139. The number of likely N-dealkylation sites (N-methyl/N-ethyl adjacent to an activating group) is 1. The quantitative estimate of drug-likeness (QED) is 0.280. The van der Waals surface area contributed by atoms with Gasteiger partial charge in [0.05, 0.1) is 23.2 Å². The topological polar surface area (TPSA) is 170 Å². The van der Waals surface area contributed by atoms with Crippen molar-refractivity contribution in [3.63, 3.8) is 0 Å². The normalized spacial score (nSPS) is 33.0. The number of piperidine rings is 1. The molecule has 6 atom stereocenters. The SMILES string of the molecule is CCCN1CCC(Nc2ccc3c(c2O)C(=O)C2C(=O)[C@]4(O)C(=O)C(C(N)=O)C(=O)[C@@H](N(C)C)[C@@H]4C[C@@H]2C3)CC1. The molecular weight excluding hydrogens is 516 g/mol. The summed E-state index contributed by atoms with van der Waals surface area (Å²) < 4.78 is 0. The third-order valence-corrected chi connectivity index (χ3v) is 9.42. The number of amides is 1. The number of carbonyl (C=O) groups excluding carboxylic acids is 5. The Balaban J connectivity index is 1.46. The van der Waals surface area contributed by atoms with E-state index in [0.717, 1.165) is 38.9 Å². The van der Waals surface area contributed by atoms with Crippen molar-refractivity contribution in [3.05, 3.63) is 23.3 Å². The number of nitrogens with one attached hydrogen (secondary N) is 1. The van der Waals surface area contributed by atoms with Crippen LogP contribution in [-0.2, 0) is 25.6 Å². The van der Waals surface area contributed by atoms with Crippen LogP contribution in [0.15, 0.2) is 12.1 Å². The van der Waals surface area contributed by atoms with Gasteiger partial charge in [-0.25, -0.2) is 0 Å². The maximum Gasteiger partial charge on any atom is 0.235 e. The number of hydrogen-bond acceptors (Lipinski definition) is 10. The zero-order valence-electron chi connectivity index (χ0n) is 23.2. The second kappa shape index (κ2) is 10.4. The van der Waals surface area contributed by atoms with Crippen molar-refractivity contribution in [1.29, 1.82) is 0 Å². The van der Waals surface area contributed by atoms with Crippen molar-refractivity contribution < 1.29 is 34.2 Å². The van der Waals surface area contributed by atoms with E-state index >= 15 is 0 Å². The highest BCUT2D eigenvalue weighted by atomic mass is 16.3. The molecule has 2 saturated carbocycles. The summed E-state index contributed by atoms with van der Waals surface area (Å²) in [6.07, 6.45) is 3.16. The number of nitrogens with two attached hydrogens (primary N) is 1. The number of carbonyl (C=O) groups is 5. The second-order valence-electron chi connectivity index (χ2n) is 12.0. The van der Waals surface area contributed by atoms with Gasteiger partial charge in [-0.1, -0.05) is 13.0 Å². The van der Waals surface area contributed by atoms with Gasteiger partial charge in [-0.2, -0.15) is 0 Å². The van der Waals surface area contributed by atoms with E-state index in [4.69, 9.17) is 5.73 Å². The predicted octanol–water partition coefficient (Wildman–Crippen LogP) is 0.153. The standard InChI is InChI=1S/C29H38N4O7/c1-4-9-33-10-7-16(8-11-33)31-18-6-5-14-12-15-13-17-22(32(2)3)25(36)21(28(30)39)27(38)29(17,40)26(37)20(15)24(35)19(14)23(18)34/h5-6,15-17,20-22,31,34,40H,4,7-13H2,1-3H3,(H2,30,39)/t15-,17-,20?,21?,22-,29-/m0/s1. The first-order chi connectivity index (χ1) is 18.9. The number of hydrogen-bond donors (Lipinski definition) is 4. The van der Waals surface area contributed by atoms with Crippen molar-refractivity contribution in [2.75, 3.05) is 39.0 Å². The van der Waals surface area contributed by atoms with E-state index in [1.165, 1.54) is 4.90 Å². The first kappa shape index (κ1) is 28.4. The number of fused-ring (bicyclic) bond motifs is 3. The molecule has 1 aliphatic heterocycles. The highest BCUT2D eigenvalue weighted by molar-refractivity contribution is 6.32. The van der Waals surface area contributed by atoms with Crippen LogP contribution in [0.2, 0.25) is 0 Å². The molecule has 11 nitrogen and oxygen atoms in total. The van der Waals surface area contributed by atoms with Gasteiger partial charge in [0, 0.05) is 25.0 Å². The van der Waals surface area contributed by atoms with Crippen molar-refractivity contribution >= 4 is 34.7 Å². The maximum absolute atomic E-state index is 13.9. The summed E-state index contributed by atoms with van der Waals surface area (Å²) in [5.74, 6) is -10.3. The van der Waals surface area contributed by atoms with E-state index < -0.39 is 64.4 Å². The summed E-state index contributed by atoms with van der Waals surface area (Å²) in [5, 5.41) is 26.2. The lowest BCUT2D eigenvalue weighted by Gasteiger charge is -2.52. The van der Waals surface area contributed by atoms with Gasteiger partial charge >= 0.3 is 0 Å². The van der Waals surface area contributed by atoms with Crippen molar-refractivity contribution in [3.8, 4) is 5.75 Å². The molecule has 1 aromatic carbocycles. The van der Waals surface area contributed by atoms with Crippen LogP contribution in [0.4, 0.5) is 5.69 Å². The number of rotatable bonds is 6. The number of ketones is 4. The number of phenolic OH excluding ortho intramolecular Hbond substituents is 1. The lowest BCUT2D eigenvalue weighted by atomic mass is 9.52. The van der Waals surface area contributed by atoms with Gasteiger partial charge in [0.1, 0.15) is 5.75 Å². The third kappa shape index (κ3) is 4.26. The molecule has 40 heavy (non-hydrogen) atoms. The van der Waals surface area contributed by atoms with Crippen molar-refractivity contribution in [2.24, 2.45) is 29.4 Å². The van der Waals surface area contributed by atoms with Crippen LogP contribution in [0.25, 0.3) is 0 Å². The number of likely N-dealkylation sites (tertiary alicyclic amines) is 1. The zero-order chi connectivity index (χ0) is 29.1. The first-order valence-electron chi connectivity index (χ1n) is 14.1. The third-order valence-electron chi connectivity index (χ3n) is 9.42. The monoisotopic (exact) mass is 554 g/mol. The van der Waals surface area contributed by atoms with E-state index in [-0.39, 0.29) is 30.2 Å². The molecule has 216 valence electrons. The van der Waals surface area contributed by atoms with Crippen LogP contribution in [0, 0.1) is 23.7 Å². The van der Waals surface area contributed by atoms with E-state index in [2.05, 4.69) is 17.1 Å². The van der Waals surface area contributed by atoms with E-state index in [0.29, 0.717) is 11.3 Å². The number of phenols is 1. The van der Waals surface area contributed by atoms with Crippen LogP contribution >= 0.6 is 0 Å². The molecule has 1 heterocycles. The van der Waals surface area contributed by atoms with Crippen molar-refractivity contribution in [1.82, 2.24) is 9.80 Å². The summed E-state index contributed by atoms with van der Waals surface area (Å²) in [6.45, 7) is 5.06. The largest absolute Gasteiger partial charge is 0.505 e. The lowest BCUT2D eigenvalue weighted by Crippen LogP contribution is -2.74. The number of primary amides is 1. The molecular formula is C29H38N4O7. The Morgan fingerprint density at radius 3 is 2.42 bits per heavy atom. The Hall–Kier alpha value is -3.15. The van der Waals surface area contributed by atoms with E-state index in [9.17, 15) is 34.2 Å². The zero-order valence-corrected chi connectivity index (χ0v) is 23.2. The van der Waals surface area contributed by atoms with Gasteiger partial charge in [0.2, 0.25) is 5.91 Å². The Kier molecular flexibility index (Phi) is 7.35. The number of aromatic hydroxyl groups is 1. The summed E-state index contributed by atoms with van der Waals surface area (Å²) in [4.78, 5) is 70.2. The molecule has 2 unspecified atom stereocenters. The van der Waals surface area contributed by atoms with Gasteiger partial charge in [-0.15, -0.1) is 0 Å². The Labute approximate surface area is 233 Å². The fourth-order valence-corrected chi connectivity index (χ4v) is 7.53. The summed E-state index contributed by atoms with van der Waals surface area (Å²) in [5.41, 5.74) is 3.65. The van der Waals surface area contributed by atoms with Crippen LogP contribution in [0.3, 0.4) is 0 Å². The number of aliphatic hydroxyl groups is 1. The maximum atomic E-state index is 13.9. The number of nitrogens with zero attached hydrogens (tertiary/aromatic N) is 2. The average molecular weight is 555 g/mol. The van der Waals surface area contributed by atoms with Gasteiger partial charge in [-0.05, 0) is 70.3 Å². The molecule has 4 aliphatic rings. The molecule has 1 aromatic rings. The Bertz CT molecular complexity index is 1270. The highest BCUT2D eigenvalue weighted by Crippen LogP contribution is 2.51. The summed E-state index contributed by atoms with van der Waals surface area (Å²) in [6, 6.07) is 2.53. The average Bonchev–Trinajstić information content (AvgIpc) is 2.88. The van der Waals surface area contributed by atoms with Gasteiger partial charge in [0.15, 0.2) is 34.7 Å². The highest BCUT2D eigenvalue weighted by Gasteiger charge is 2.69. The molecule has 0 bridgehead atoms. The fourth-order valence-electron chi connectivity index (χ4n) is 7.53. The van der Waals surface area contributed by atoms with Gasteiger partial charge in [-0.3, -0.25) is 28.9 Å². The molecule has 1 saturated heterocycles. The molecule has 5 rings (SSSR count). The van der Waals surface area contributed by atoms with Crippen LogP contribution < -0.4 is 11.1 Å². The molecule has 3 fully saturated rings. The molecule has 3 aliphatic carbocycles. The molecule has 1 amide bonds. The number of Topliss-reactive ketones (excluding diaryl/α,β-unsaturated/α-hetero) is 4. The van der Waals surface area contributed by atoms with E-state index in [1.807, 2.05) is 0 Å². The molecule has 0 aromatic heterocycles. The molecule has 5 N–H and O–H groups in total. The molecule has 11 heteroatoms. The van der Waals surface area contributed by atoms with Gasteiger partial charge < -0.3 is 26.2 Å². The second-order valence-corrected chi connectivity index (χ2v) is 12.0. The Morgan fingerprint density at radius 2 is 1.82 bits per heavy atom. The minimum Gasteiger partial charge on any atom is -0.505 e. The predicted molar refractivity (Wildman–Crippen MR) is 145 cm³/mol. The first-order valence-corrected chi connectivity index (χ1v) is 14.1. The van der Waals surface area contributed by atoms with Gasteiger partial charge in [0.25, 0.3) is 0 Å².